The Balaban J connectivity index is 3.32. The predicted molar refractivity (Wildman–Crippen MR) is 56.4 cm³/mol. The minimum Gasteiger partial charge on any atom is -0.465 e. The third-order valence-electron chi connectivity index (χ3n) is 1.85. The number of alkyl halides is 3. The highest BCUT2D eigenvalue weighted by Crippen LogP contribution is 2.30. The Morgan fingerprint density at radius 2 is 2.06 bits per heavy atom. The highest BCUT2D eigenvalue weighted by molar-refractivity contribution is 7.80. The lowest BCUT2D eigenvalue weighted by atomic mass is 10.1. The van der Waals surface area contributed by atoms with Crippen molar-refractivity contribution in [2.45, 2.75) is 11.3 Å². The fourth-order valence-electron chi connectivity index (χ4n) is 1.14. The van der Waals surface area contributed by atoms with Crippen molar-refractivity contribution in [3.63, 3.8) is 0 Å². The van der Waals surface area contributed by atoms with Gasteiger partial charge < -0.3 is 9.47 Å². The van der Waals surface area contributed by atoms with E-state index in [9.17, 15) is 18.0 Å². The number of esters is 1. The molecule has 0 unspecified atom stereocenters. The number of hydrogen-bond donors (Lipinski definition) is 1. The van der Waals surface area contributed by atoms with E-state index in [0.29, 0.717) is 0 Å². The van der Waals surface area contributed by atoms with E-state index < -0.39 is 18.1 Å². The van der Waals surface area contributed by atoms with Crippen LogP contribution in [-0.4, -0.2) is 19.4 Å². The summed E-state index contributed by atoms with van der Waals surface area (Å²) in [6.07, 6.45) is -4.96. The lowest BCUT2D eigenvalue weighted by molar-refractivity contribution is -0.274. The zero-order chi connectivity index (χ0) is 13.9. The molecule has 0 amide bonds. The fraction of sp³-hybridized carbons (Fsp3) is 0.200. The molecular weight excluding hydrogens is 271 g/mol. The molecule has 1 aromatic carbocycles. The third kappa shape index (κ3) is 3.30. The van der Waals surface area contributed by atoms with E-state index in [1.54, 1.807) is 0 Å². The molecule has 0 aliphatic carbocycles. The lowest BCUT2D eigenvalue weighted by Gasteiger charge is -2.12. The average molecular weight is 277 g/mol. The van der Waals surface area contributed by atoms with Gasteiger partial charge in [-0.25, -0.2) is 4.79 Å². The number of hydrogen-bond acceptors (Lipinski definition) is 5. The number of thiol groups is 1. The highest BCUT2D eigenvalue weighted by atomic mass is 32.1. The molecule has 1 rings (SSSR count). The summed E-state index contributed by atoms with van der Waals surface area (Å²) in [5.41, 5.74) is -0.607. The van der Waals surface area contributed by atoms with Gasteiger partial charge in [-0.1, -0.05) is 0 Å². The van der Waals surface area contributed by atoms with Gasteiger partial charge in [0.2, 0.25) is 0 Å². The van der Waals surface area contributed by atoms with Crippen molar-refractivity contribution in [1.82, 2.24) is 0 Å². The van der Waals surface area contributed by atoms with Crippen LogP contribution in [-0.2, 0) is 4.74 Å². The standard InChI is InChI=1S/C10H6F3NO3S/c1-16-9(15)6-3-7(17-10(11,12)13)5(4-14)2-8(6)18/h2-3,18H,1H3. The predicted octanol–water partition coefficient (Wildman–Crippen LogP) is 2.53. The van der Waals surface area contributed by atoms with E-state index in [1.165, 1.54) is 6.07 Å². The zero-order valence-electron chi connectivity index (χ0n) is 8.91. The Labute approximate surface area is 105 Å². The fourth-order valence-corrected chi connectivity index (χ4v) is 1.42. The van der Waals surface area contributed by atoms with Crippen LogP contribution in [0.1, 0.15) is 15.9 Å². The van der Waals surface area contributed by atoms with Gasteiger partial charge in [-0.3, -0.25) is 0 Å². The van der Waals surface area contributed by atoms with Crippen LogP contribution >= 0.6 is 12.6 Å². The van der Waals surface area contributed by atoms with Gasteiger partial charge in [-0.15, -0.1) is 25.8 Å². The van der Waals surface area contributed by atoms with E-state index in [1.807, 2.05) is 0 Å². The van der Waals surface area contributed by atoms with Gasteiger partial charge in [0, 0.05) is 4.90 Å². The number of nitriles is 1. The number of ether oxygens (including phenoxy) is 2. The molecule has 0 saturated heterocycles. The molecule has 0 radical (unpaired) electrons. The quantitative estimate of drug-likeness (QED) is 0.666. The summed E-state index contributed by atoms with van der Waals surface area (Å²) in [4.78, 5) is 11.3. The Bertz CT molecular complexity index is 522. The average Bonchev–Trinajstić information content (AvgIpc) is 2.28. The van der Waals surface area contributed by atoms with Gasteiger partial charge in [0.05, 0.1) is 18.2 Å². The highest BCUT2D eigenvalue weighted by Gasteiger charge is 2.33. The second-order valence-corrected chi connectivity index (χ2v) is 3.50. The molecule has 96 valence electrons. The monoisotopic (exact) mass is 277 g/mol. The molecule has 8 heteroatoms. The molecule has 0 bridgehead atoms. The van der Waals surface area contributed by atoms with Crippen LogP contribution in [0.2, 0.25) is 0 Å². The first-order valence-electron chi connectivity index (χ1n) is 4.39. The van der Waals surface area contributed by atoms with E-state index >= 15 is 0 Å². The minimum absolute atomic E-state index is 0.0212. The topological polar surface area (TPSA) is 59.3 Å². The van der Waals surface area contributed by atoms with Gasteiger partial charge in [-0.05, 0) is 12.1 Å². The van der Waals surface area contributed by atoms with Crippen molar-refractivity contribution in [2.24, 2.45) is 0 Å². The summed E-state index contributed by atoms with van der Waals surface area (Å²) in [7, 11) is 1.07. The van der Waals surface area contributed by atoms with Gasteiger partial charge in [0.1, 0.15) is 11.8 Å². The number of halogens is 3. The third-order valence-corrected chi connectivity index (χ3v) is 2.22. The molecular formula is C10H6F3NO3S. The molecule has 0 spiro atoms. The molecule has 0 aliphatic rings. The van der Waals surface area contributed by atoms with Crippen molar-refractivity contribution in [2.75, 3.05) is 7.11 Å². The number of carbonyl (C=O) groups is 1. The molecule has 0 heterocycles. The zero-order valence-corrected chi connectivity index (χ0v) is 9.80. The summed E-state index contributed by atoms with van der Waals surface area (Å²) in [6, 6.07) is 3.28. The maximum absolute atomic E-state index is 12.1. The Kier molecular flexibility index (Phi) is 4.08. The van der Waals surface area contributed by atoms with Crippen molar-refractivity contribution < 1.29 is 27.4 Å². The van der Waals surface area contributed by atoms with Gasteiger partial charge in [0.25, 0.3) is 0 Å². The van der Waals surface area contributed by atoms with Gasteiger partial charge in [-0.2, -0.15) is 5.26 Å². The molecule has 0 N–H and O–H groups in total. The molecule has 4 nitrogen and oxygen atoms in total. The first-order chi connectivity index (χ1) is 8.28. The SMILES string of the molecule is COC(=O)c1cc(OC(F)(F)F)c(C#N)cc1S. The molecule has 0 aromatic heterocycles. The molecule has 0 fully saturated rings. The van der Waals surface area contributed by atoms with E-state index in [4.69, 9.17) is 5.26 Å². The number of benzene rings is 1. The van der Waals surface area contributed by atoms with Crippen LogP contribution < -0.4 is 4.74 Å². The van der Waals surface area contributed by atoms with Crippen LogP contribution in [0.3, 0.4) is 0 Å². The van der Waals surface area contributed by atoms with Crippen molar-refractivity contribution in [3.05, 3.63) is 23.3 Å². The summed E-state index contributed by atoms with van der Waals surface area (Å²) in [5.74, 6) is -1.65. The second-order valence-electron chi connectivity index (χ2n) is 3.02. The smallest absolute Gasteiger partial charge is 0.465 e. The maximum Gasteiger partial charge on any atom is 0.573 e. The lowest BCUT2D eigenvalue weighted by Crippen LogP contribution is -2.18. The summed E-state index contributed by atoms with van der Waals surface area (Å²) in [5, 5.41) is 8.68. The molecule has 0 aliphatic heterocycles. The first kappa shape index (κ1) is 14.2. The normalized spacial score (nSPS) is 10.7. The van der Waals surface area contributed by atoms with Crippen LogP contribution in [0.15, 0.2) is 17.0 Å². The summed E-state index contributed by atoms with van der Waals surface area (Å²) < 4.78 is 44.3. The Hall–Kier alpha value is -1.88. The van der Waals surface area contributed by atoms with Crippen LogP contribution in [0, 0.1) is 11.3 Å². The van der Waals surface area contributed by atoms with Crippen molar-refractivity contribution in [3.8, 4) is 11.8 Å². The Morgan fingerprint density at radius 3 is 2.50 bits per heavy atom. The second kappa shape index (κ2) is 5.18. The maximum atomic E-state index is 12.1. The van der Waals surface area contributed by atoms with E-state index in [2.05, 4.69) is 22.1 Å². The summed E-state index contributed by atoms with van der Waals surface area (Å²) in [6.45, 7) is 0. The summed E-state index contributed by atoms with van der Waals surface area (Å²) >= 11 is 3.88. The Morgan fingerprint density at radius 1 is 1.44 bits per heavy atom. The number of nitrogens with zero attached hydrogens (tertiary/aromatic N) is 1. The van der Waals surface area contributed by atoms with Crippen LogP contribution in [0.5, 0.6) is 5.75 Å². The number of carbonyl (C=O) groups excluding carboxylic acids is 1. The van der Waals surface area contributed by atoms with E-state index in [0.717, 1.165) is 19.2 Å². The van der Waals surface area contributed by atoms with E-state index in [-0.39, 0.29) is 16.0 Å². The minimum atomic E-state index is -4.96. The van der Waals surface area contributed by atoms with Crippen LogP contribution in [0.4, 0.5) is 13.2 Å². The van der Waals surface area contributed by atoms with Crippen molar-refractivity contribution >= 4 is 18.6 Å². The molecule has 0 atom stereocenters. The first-order valence-corrected chi connectivity index (χ1v) is 4.84. The molecule has 0 saturated carbocycles. The molecule has 18 heavy (non-hydrogen) atoms. The molecule has 1 aromatic rings. The largest absolute Gasteiger partial charge is 0.573 e. The van der Waals surface area contributed by atoms with Crippen molar-refractivity contribution in [1.29, 1.82) is 5.26 Å². The van der Waals surface area contributed by atoms with Gasteiger partial charge >= 0.3 is 12.3 Å². The van der Waals surface area contributed by atoms with Gasteiger partial charge in [0.15, 0.2) is 0 Å². The number of rotatable bonds is 2. The number of methoxy groups -OCH3 is 1. The van der Waals surface area contributed by atoms with Crippen LogP contribution in [0.25, 0.3) is 0 Å².